The van der Waals surface area contributed by atoms with E-state index >= 15 is 0 Å². The smallest absolute Gasteiger partial charge is 0.240 e. The molecule has 3 unspecified atom stereocenters. The molecule has 0 aliphatic carbocycles. The Labute approximate surface area is 302 Å². The van der Waals surface area contributed by atoms with Crippen LogP contribution < -0.4 is 16.3 Å². The molecule has 0 saturated carbocycles. The Morgan fingerprint density at radius 3 is 1.51 bits per heavy atom. The van der Waals surface area contributed by atoms with E-state index in [0.29, 0.717) is 35.6 Å². The quantitative estimate of drug-likeness (QED) is 0.300. The SMILES string of the molecule is CC1CC(=O)NN=C1c1ccc(Cl)cc1.CC1CC(=O)NN=C1c1ccc(F)c(F)c1.Cc1[c-]cc(C2=NNC(=O)CC2C)cc1.[Y]. The first-order valence-corrected chi connectivity index (χ1v) is 15.1. The van der Waals surface area contributed by atoms with Crippen LogP contribution in [0.15, 0.2) is 76.0 Å². The maximum absolute atomic E-state index is 13.0. The van der Waals surface area contributed by atoms with Crippen molar-refractivity contribution in [1.82, 2.24) is 16.3 Å². The summed E-state index contributed by atoms with van der Waals surface area (Å²) in [5.74, 6) is -1.78. The van der Waals surface area contributed by atoms with Crippen LogP contribution in [0.3, 0.4) is 0 Å². The number of nitrogens with zero attached hydrogens (tertiary/aromatic N) is 3. The molecule has 3 heterocycles. The van der Waals surface area contributed by atoms with Crippen LogP contribution in [0, 0.1) is 42.4 Å². The number of carbonyl (C=O) groups excluding carboxylic acids is 3. The number of hydrogen-bond donors (Lipinski definition) is 3. The number of hydrazone groups is 3. The van der Waals surface area contributed by atoms with Gasteiger partial charge in [0.25, 0.3) is 0 Å². The van der Waals surface area contributed by atoms with E-state index in [4.69, 9.17) is 11.6 Å². The summed E-state index contributed by atoms with van der Waals surface area (Å²) in [5, 5.41) is 12.7. The van der Waals surface area contributed by atoms with E-state index < -0.39 is 11.6 Å². The molecule has 0 bridgehead atoms. The molecule has 9 nitrogen and oxygen atoms in total. The van der Waals surface area contributed by atoms with Gasteiger partial charge in [-0.3, -0.25) is 14.4 Å². The van der Waals surface area contributed by atoms with E-state index in [-0.39, 0.29) is 68.2 Å². The van der Waals surface area contributed by atoms with Gasteiger partial charge in [0.2, 0.25) is 17.7 Å². The van der Waals surface area contributed by atoms with Crippen LogP contribution in [0.5, 0.6) is 0 Å². The van der Waals surface area contributed by atoms with Gasteiger partial charge in [0.15, 0.2) is 11.6 Å². The van der Waals surface area contributed by atoms with Crippen LogP contribution in [0.25, 0.3) is 0 Å². The van der Waals surface area contributed by atoms with Gasteiger partial charge in [0.05, 0.1) is 11.4 Å². The predicted octanol–water partition coefficient (Wildman–Crippen LogP) is 5.68. The summed E-state index contributed by atoms with van der Waals surface area (Å²) in [7, 11) is 0. The van der Waals surface area contributed by atoms with Gasteiger partial charge >= 0.3 is 0 Å². The van der Waals surface area contributed by atoms with Crippen molar-refractivity contribution in [1.29, 1.82) is 0 Å². The predicted molar refractivity (Wildman–Crippen MR) is 173 cm³/mol. The fourth-order valence-corrected chi connectivity index (χ4v) is 5.07. The summed E-state index contributed by atoms with van der Waals surface area (Å²) in [5.41, 5.74) is 13.4. The Bertz CT molecular complexity index is 1620. The molecule has 3 aliphatic heterocycles. The molecule has 1 radical (unpaired) electrons. The third-order valence-electron chi connectivity index (χ3n) is 7.40. The zero-order valence-corrected chi connectivity index (χ0v) is 30.0. The molecule has 0 aromatic heterocycles. The maximum Gasteiger partial charge on any atom is 0.240 e. The normalized spacial score (nSPS) is 20.2. The van der Waals surface area contributed by atoms with E-state index in [0.717, 1.165) is 40.2 Å². The summed E-state index contributed by atoms with van der Waals surface area (Å²) in [6.07, 6.45) is 1.30. The van der Waals surface area contributed by atoms with Gasteiger partial charge in [-0.05, 0) is 41.8 Å². The van der Waals surface area contributed by atoms with E-state index in [1.807, 2.05) is 70.2 Å². The van der Waals surface area contributed by atoms with Crippen molar-refractivity contribution in [3.8, 4) is 0 Å². The summed E-state index contributed by atoms with van der Waals surface area (Å²) in [4.78, 5) is 33.2. The zero-order chi connectivity index (χ0) is 33.4. The van der Waals surface area contributed by atoms with Gasteiger partial charge in [-0.2, -0.15) is 45.1 Å². The molecule has 13 heteroatoms. The molecule has 0 fully saturated rings. The number of aryl methyl sites for hydroxylation is 1. The van der Waals surface area contributed by atoms with Crippen molar-refractivity contribution in [2.45, 2.75) is 47.0 Å². The van der Waals surface area contributed by atoms with Crippen LogP contribution in [0.1, 0.15) is 62.3 Å². The summed E-state index contributed by atoms with van der Waals surface area (Å²) >= 11 is 5.80. The second kappa shape index (κ2) is 17.5. The van der Waals surface area contributed by atoms with Gasteiger partial charge in [-0.25, -0.2) is 25.1 Å². The van der Waals surface area contributed by atoms with Crippen molar-refractivity contribution in [2.24, 2.45) is 33.1 Å². The summed E-state index contributed by atoms with van der Waals surface area (Å²) in [6.45, 7) is 7.82. The monoisotopic (exact) mass is 736 g/mol. The first-order valence-electron chi connectivity index (χ1n) is 14.7. The number of hydrogen-bond acceptors (Lipinski definition) is 6. The number of rotatable bonds is 3. The number of carbonyl (C=O) groups is 3. The molecule has 6 rings (SSSR count). The molecular weight excluding hydrogens is 703 g/mol. The molecule has 3 atom stereocenters. The molecule has 243 valence electrons. The second-order valence-corrected chi connectivity index (χ2v) is 11.7. The molecule has 0 spiro atoms. The van der Waals surface area contributed by atoms with E-state index in [1.54, 1.807) is 0 Å². The Balaban J connectivity index is 0.000000190. The van der Waals surface area contributed by atoms with Crippen molar-refractivity contribution in [3.63, 3.8) is 0 Å². The Kier molecular flexibility index (Phi) is 14.1. The standard InChI is InChI=1S/C12H13N2O.C11H11ClN2O.C11H10F2N2O.Y/c1-8-3-5-10(6-4-8)12-9(2)7-11(15)13-14-12;1-7-6-10(15)13-14-11(7)8-2-4-9(12)5-3-8;1-6-4-10(16)14-15-11(6)7-2-3-8(12)9(13)5-7;/h3,5-6,9H,7H2,1-2H3,(H,13,15);2-5,7H,6H2,1H3,(H,13,15);2-3,5-6H,4H2,1H3,(H,14,16);/q-1;;;. The number of halogens is 3. The Morgan fingerprint density at radius 1 is 0.660 bits per heavy atom. The van der Waals surface area contributed by atoms with E-state index in [1.165, 1.54) is 6.07 Å². The molecule has 3 N–H and O–H groups in total. The molecular formula is C34H34ClF2N6O3Y-. The van der Waals surface area contributed by atoms with Crippen LogP contribution in [0.2, 0.25) is 5.02 Å². The molecule has 0 saturated heterocycles. The van der Waals surface area contributed by atoms with Gasteiger partial charge in [0, 0.05) is 80.1 Å². The second-order valence-electron chi connectivity index (χ2n) is 11.3. The fourth-order valence-electron chi connectivity index (χ4n) is 4.94. The molecule has 3 aliphatic rings. The molecule has 3 aromatic rings. The minimum absolute atomic E-state index is 0. The van der Waals surface area contributed by atoms with Gasteiger partial charge in [-0.15, -0.1) is 5.56 Å². The minimum Gasteiger partial charge on any atom is -0.273 e. The van der Waals surface area contributed by atoms with E-state index in [9.17, 15) is 23.2 Å². The number of benzene rings is 3. The Morgan fingerprint density at radius 2 is 1.09 bits per heavy atom. The van der Waals surface area contributed by atoms with Crippen LogP contribution >= 0.6 is 11.6 Å². The average molecular weight is 737 g/mol. The van der Waals surface area contributed by atoms with Crippen LogP contribution in [-0.4, -0.2) is 34.9 Å². The van der Waals surface area contributed by atoms with Crippen molar-refractivity contribution >= 4 is 46.5 Å². The van der Waals surface area contributed by atoms with Crippen molar-refractivity contribution < 1.29 is 55.9 Å². The van der Waals surface area contributed by atoms with Crippen LogP contribution in [0.4, 0.5) is 8.78 Å². The zero-order valence-electron chi connectivity index (χ0n) is 26.4. The summed E-state index contributed by atoms with van der Waals surface area (Å²) in [6, 6.07) is 20.1. The summed E-state index contributed by atoms with van der Waals surface area (Å²) < 4.78 is 25.8. The van der Waals surface area contributed by atoms with Crippen molar-refractivity contribution in [3.05, 3.63) is 106 Å². The molecule has 47 heavy (non-hydrogen) atoms. The Hall–Kier alpha value is -3.67. The maximum atomic E-state index is 13.0. The first kappa shape index (κ1) is 37.8. The topological polar surface area (TPSA) is 124 Å². The number of amides is 3. The van der Waals surface area contributed by atoms with Crippen molar-refractivity contribution in [2.75, 3.05) is 0 Å². The van der Waals surface area contributed by atoms with Gasteiger partial charge in [0.1, 0.15) is 0 Å². The van der Waals surface area contributed by atoms with Crippen LogP contribution in [-0.2, 0) is 47.1 Å². The minimum atomic E-state index is -0.913. The third-order valence-corrected chi connectivity index (χ3v) is 7.65. The fraction of sp³-hybridized carbons (Fsp3) is 0.294. The first-order chi connectivity index (χ1) is 21.9. The average Bonchev–Trinajstić information content (AvgIpc) is 3.01. The van der Waals surface area contributed by atoms with E-state index in [2.05, 4.69) is 37.6 Å². The largest absolute Gasteiger partial charge is 0.273 e. The van der Waals surface area contributed by atoms with Gasteiger partial charge in [-0.1, -0.05) is 51.4 Å². The van der Waals surface area contributed by atoms with Gasteiger partial charge < -0.3 is 0 Å². The third kappa shape index (κ3) is 10.7. The molecule has 3 aromatic carbocycles. The molecule has 3 amide bonds. The number of nitrogens with one attached hydrogen (secondary N) is 3.